The summed E-state index contributed by atoms with van der Waals surface area (Å²) in [6, 6.07) is 5.24. The predicted octanol–water partition coefficient (Wildman–Crippen LogP) is 3.24. The molecule has 0 aliphatic heterocycles. The number of hydrogen-bond acceptors (Lipinski definition) is 1. The van der Waals surface area contributed by atoms with E-state index in [1.165, 1.54) is 0 Å². The second-order valence-corrected chi connectivity index (χ2v) is 4.52. The van der Waals surface area contributed by atoms with Crippen LogP contribution in [0.15, 0.2) is 22.7 Å². The maximum Gasteiger partial charge on any atom is 0.251 e. The second-order valence-electron chi connectivity index (χ2n) is 3.26. The highest BCUT2D eigenvalue weighted by atomic mass is 79.9. The van der Waals surface area contributed by atoms with Gasteiger partial charge in [-0.3, -0.25) is 4.79 Å². The Morgan fingerprint density at radius 2 is 2.14 bits per heavy atom. The summed E-state index contributed by atoms with van der Waals surface area (Å²) in [6.07, 6.45) is 0. The van der Waals surface area contributed by atoms with E-state index < -0.39 is 0 Å². The molecule has 76 valence electrons. The van der Waals surface area contributed by atoms with Crippen LogP contribution in [0, 0.1) is 0 Å². The molecule has 0 radical (unpaired) electrons. The summed E-state index contributed by atoms with van der Waals surface area (Å²) < 4.78 is 0.732. The van der Waals surface area contributed by atoms with Crippen LogP contribution < -0.4 is 5.32 Å². The lowest BCUT2D eigenvalue weighted by Gasteiger charge is -2.08. The average molecular weight is 277 g/mol. The van der Waals surface area contributed by atoms with Gasteiger partial charge in [0.1, 0.15) is 0 Å². The Labute approximate surface area is 96.8 Å². The number of benzene rings is 1. The van der Waals surface area contributed by atoms with Gasteiger partial charge in [-0.05, 0) is 48.0 Å². The van der Waals surface area contributed by atoms with Gasteiger partial charge in [0.05, 0.1) is 5.02 Å². The number of amides is 1. The van der Waals surface area contributed by atoms with Gasteiger partial charge in [0.2, 0.25) is 0 Å². The summed E-state index contributed by atoms with van der Waals surface area (Å²) in [7, 11) is 0. The Hall–Kier alpha value is -0.540. The third-order valence-electron chi connectivity index (χ3n) is 1.60. The molecule has 0 spiro atoms. The largest absolute Gasteiger partial charge is 0.350 e. The first-order valence-electron chi connectivity index (χ1n) is 4.26. The zero-order chi connectivity index (χ0) is 10.7. The van der Waals surface area contributed by atoms with E-state index in [2.05, 4.69) is 21.2 Å². The number of hydrogen-bond donors (Lipinski definition) is 1. The third-order valence-corrected chi connectivity index (χ3v) is 2.82. The highest BCUT2D eigenvalue weighted by Gasteiger charge is 2.08. The fourth-order valence-electron chi connectivity index (χ4n) is 0.983. The van der Waals surface area contributed by atoms with Crippen molar-refractivity contribution >= 4 is 33.4 Å². The van der Waals surface area contributed by atoms with Crippen molar-refractivity contribution in [1.29, 1.82) is 0 Å². The van der Waals surface area contributed by atoms with E-state index in [0.29, 0.717) is 10.6 Å². The van der Waals surface area contributed by atoms with Crippen molar-refractivity contribution in [1.82, 2.24) is 5.32 Å². The van der Waals surface area contributed by atoms with Gasteiger partial charge in [0, 0.05) is 16.1 Å². The minimum absolute atomic E-state index is 0.0858. The molecule has 2 nitrogen and oxygen atoms in total. The zero-order valence-electron chi connectivity index (χ0n) is 7.97. The molecule has 4 heteroatoms. The quantitative estimate of drug-likeness (QED) is 0.883. The normalized spacial score (nSPS) is 10.4. The first-order valence-corrected chi connectivity index (χ1v) is 5.43. The van der Waals surface area contributed by atoms with Crippen molar-refractivity contribution in [3.63, 3.8) is 0 Å². The molecular formula is C10H11BrClNO. The van der Waals surface area contributed by atoms with Crippen LogP contribution in [-0.2, 0) is 0 Å². The summed E-state index contributed by atoms with van der Waals surface area (Å²) in [5.74, 6) is -0.0858. The van der Waals surface area contributed by atoms with Gasteiger partial charge in [-0.1, -0.05) is 11.6 Å². The lowest BCUT2D eigenvalue weighted by Crippen LogP contribution is -2.29. The fourth-order valence-corrected chi connectivity index (χ4v) is 1.48. The molecule has 1 N–H and O–H groups in total. The minimum Gasteiger partial charge on any atom is -0.350 e. The molecule has 1 aromatic rings. The Morgan fingerprint density at radius 1 is 1.50 bits per heavy atom. The Bertz CT molecular complexity index is 352. The van der Waals surface area contributed by atoms with E-state index in [9.17, 15) is 4.79 Å². The van der Waals surface area contributed by atoms with E-state index >= 15 is 0 Å². The molecule has 0 aliphatic carbocycles. The van der Waals surface area contributed by atoms with E-state index in [-0.39, 0.29) is 11.9 Å². The molecule has 0 unspecified atom stereocenters. The molecule has 0 saturated carbocycles. The van der Waals surface area contributed by atoms with Crippen molar-refractivity contribution in [2.75, 3.05) is 0 Å². The molecule has 0 heterocycles. The van der Waals surface area contributed by atoms with Crippen LogP contribution in [-0.4, -0.2) is 11.9 Å². The maximum absolute atomic E-state index is 11.5. The lowest BCUT2D eigenvalue weighted by atomic mass is 10.2. The van der Waals surface area contributed by atoms with Gasteiger partial charge in [0.25, 0.3) is 5.91 Å². The first-order chi connectivity index (χ1) is 6.50. The van der Waals surface area contributed by atoms with Crippen LogP contribution in [0.2, 0.25) is 5.02 Å². The van der Waals surface area contributed by atoms with E-state index in [0.717, 1.165) is 4.47 Å². The summed E-state index contributed by atoms with van der Waals surface area (Å²) in [5, 5.41) is 3.41. The summed E-state index contributed by atoms with van der Waals surface area (Å²) in [6.45, 7) is 3.84. The van der Waals surface area contributed by atoms with Crippen molar-refractivity contribution in [2.24, 2.45) is 0 Å². The number of halogens is 2. The highest BCUT2D eigenvalue weighted by molar-refractivity contribution is 9.10. The maximum atomic E-state index is 11.5. The van der Waals surface area contributed by atoms with Crippen LogP contribution in [0.4, 0.5) is 0 Å². The average Bonchev–Trinajstić information content (AvgIpc) is 2.08. The third kappa shape index (κ3) is 3.00. The highest BCUT2D eigenvalue weighted by Crippen LogP contribution is 2.23. The van der Waals surface area contributed by atoms with E-state index in [1.54, 1.807) is 18.2 Å². The molecule has 0 fully saturated rings. The summed E-state index contributed by atoms with van der Waals surface area (Å²) >= 11 is 9.08. The second kappa shape index (κ2) is 4.80. The fraction of sp³-hybridized carbons (Fsp3) is 0.300. The van der Waals surface area contributed by atoms with Crippen molar-refractivity contribution in [2.45, 2.75) is 19.9 Å². The minimum atomic E-state index is -0.0858. The van der Waals surface area contributed by atoms with Crippen molar-refractivity contribution in [3.05, 3.63) is 33.3 Å². The molecule has 0 saturated heterocycles. The van der Waals surface area contributed by atoms with Crippen LogP contribution >= 0.6 is 27.5 Å². The van der Waals surface area contributed by atoms with E-state index in [1.807, 2.05) is 13.8 Å². The smallest absolute Gasteiger partial charge is 0.251 e. The van der Waals surface area contributed by atoms with Gasteiger partial charge in [-0.15, -0.1) is 0 Å². The van der Waals surface area contributed by atoms with Crippen molar-refractivity contribution < 1.29 is 4.79 Å². The number of nitrogens with one attached hydrogen (secondary N) is 1. The van der Waals surface area contributed by atoms with Crippen LogP contribution in [0.25, 0.3) is 0 Å². The number of rotatable bonds is 2. The number of carbonyl (C=O) groups excluding carboxylic acids is 1. The molecule has 1 rings (SSSR count). The topological polar surface area (TPSA) is 29.1 Å². The molecule has 1 amide bonds. The van der Waals surface area contributed by atoms with Gasteiger partial charge in [0.15, 0.2) is 0 Å². The van der Waals surface area contributed by atoms with Gasteiger partial charge in [-0.25, -0.2) is 0 Å². The molecule has 14 heavy (non-hydrogen) atoms. The molecular weight excluding hydrogens is 265 g/mol. The molecule has 0 aliphatic rings. The number of carbonyl (C=O) groups is 1. The Balaban J connectivity index is 2.86. The van der Waals surface area contributed by atoms with E-state index in [4.69, 9.17) is 11.6 Å². The summed E-state index contributed by atoms with van der Waals surface area (Å²) in [5.41, 5.74) is 0.606. The monoisotopic (exact) mass is 275 g/mol. The SMILES string of the molecule is CC(C)NC(=O)c1ccc(Cl)c(Br)c1. The zero-order valence-corrected chi connectivity index (χ0v) is 10.3. The van der Waals surface area contributed by atoms with Gasteiger partial charge >= 0.3 is 0 Å². The predicted molar refractivity (Wildman–Crippen MR) is 61.8 cm³/mol. The van der Waals surface area contributed by atoms with Crippen LogP contribution in [0.3, 0.4) is 0 Å². The standard InChI is InChI=1S/C10H11BrClNO/c1-6(2)13-10(14)7-3-4-9(12)8(11)5-7/h3-6H,1-2H3,(H,13,14). The van der Waals surface area contributed by atoms with Crippen LogP contribution in [0.1, 0.15) is 24.2 Å². The Morgan fingerprint density at radius 3 is 2.64 bits per heavy atom. The molecule has 0 bridgehead atoms. The first kappa shape index (κ1) is 11.5. The molecule has 0 aromatic heterocycles. The van der Waals surface area contributed by atoms with Crippen LogP contribution in [0.5, 0.6) is 0 Å². The van der Waals surface area contributed by atoms with Crippen molar-refractivity contribution in [3.8, 4) is 0 Å². The molecule has 1 aromatic carbocycles. The van der Waals surface area contributed by atoms with Gasteiger partial charge in [-0.2, -0.15) is 0 Å². The Kier molecular flexibility index (Phi) is 3.96. The van der Waals surface area contributed by atoms with Gasteiger partial charge < -0.3 is 5.32 Å². The summed E-state index contributed by atoms with van der Waals surface area (Å²) in [4.78, 5) is 11.5. The lowest BCUT2D eigenvalue weighted by molar-refractivity contribution is 0.0943. The molecule has 0 atom stereocenters.